The van der Waals surface area contributed by atoms with Crippen molar-refractivity contribution in [1.82, 2.24) is 0 Å². The molecule has 0 amide bonds. The van der Waals surface area contributed by atoms with Crippen LogP contribution in [0.25, 0.3) is 0 Å². The third kappa shape index (κ3) is 5.24. The van der Waals surface area contributed by atoms with Crippen LogP contribution in [0.1, 0.15) is 26.3 Å². The molecule has 0 aliphatic carbocycles. The number of ether oxygens (including phenoxy) is 2. The topological polar surface area (TPSA) is 85.2 Å². The van der Waals surface area contributed by atoms with Gasteiger partial charge in [-0.15, -0.1) is 0 Å². The Kier molecular flexibility index (Phi) is 5.97. The molecule has 8 heteroatoms. The summed E-state index contributed by atoms with van der Waals surface area (Å²) < 4.78 is 28.3. The lowest BCUT2D eigenvalue weighted by Crippen LogP contribution is -2.44. The van der Waals surface area contributed by atoms with Gasteiger partial charge in [0.2, 0.25) is 0 Å². The molecule has 0 atom stereocenters. The van der Waals surface area contributed by atoms with Crippen LogP contribution in [0.3, 0.4) is 0 Å². The summed E-state index contributed by atoms with van der Waals surface area (Å²) >= 11 is 0. The molecule has 0 bridgehead atoms. The van der Waals surface area contributed by atoms with Crippen LogP contribution < -0.4 is 13.9 Å². The Morgan fingerprint density at radius 2 is 1.52 bits per heavy atom. The summed E-state index contributed by atoms with van der Waals surface area (Å²) in [6, 6.07) is 3.17. The maximum atomic E-state index is 11.2. The molecule has 0 saturated heterocycles. The Hall–Kier alpha value is -1.01. The van der Waals surface area contributed by atoms with Crippen LogP contribution in [-0.4, -0.2) is 32.3 Å². The van der Waals surface area contributed by atoms with Gasteiger partial charge < -0.3 is 23.7 Å². The molecule has 0 radical (unpaired) electrons. The molecule has 0 heterocycles. The summed E-state index contributed by atoms with van der Waals surface area (Å²) in [4.78, 5) is 18.3. The van der Waals surface area contributed by atoms with Crippen molar-refractivity contribution in [2.75, 3.05) is 14.2 Å². The largest absolute Gasteiger partial charge is 0.539 e. The maximum absolute atomic E-state index is 11.2. The van der Waals surface area contributed by atoms with Crippen molar-refractivity contribution in [2.45, 2.75) is 45.1 Å². The molecular weight excluding hydrogens is 335 g/mol. The molecule has 1 rings (SSSR count). The normalized spacial score (nSPS) is 12.9. The van der Waals surface area contributed by atoms with Crippen LogP contribution in [0.4, 0.5) is 0 Å². The second-order valence-corrected chi connectivity index (χ2v) is 13.4. The molecule has 1 aromatic carbocycles. The zero-order valence-corrected chi connectivity index (χ0v) is 16.7. The zero-order chi connectivity index (χ0) is 18.1. The minimum Gasteiger partial charge on any atom is -0.539 e. The lowest BCUT2D eigenvalue weighted by atomic mass is 10.2. The van der Waals surface area contributed by atoms with Crippen LogP contribution in [-0.2, 0) is 10.7 Å². The summed E-state index contributed by atoms with van der Waals surface area (Å²) in [5.41, 5.74) is 0.439. The molecule has 6 nitrogen and oxygen atoms in total. The fourth-order valence-electron chi connectivity index (χ4n) is 1.77. The predicted octanol–water partition coefficient (Wildman–Crippen LogP) is 3.77. The average Bonchev–Trinajstić information content (AvgIpc) is 2.36. The van der Waals surface area contributed by atoms with E-state index in [1.807, 2.05) is 0 Å². The Bertz CT molecular complexity index is 577. The highest BCUT2D eigenvalue weighted by Gasteiger charge is 2.40. The van der Waals surface area contributed by atoms with Crippen LogP contribution >= 0.6 is 7.60 Å². The minimum atomic E-state index is -4.17. The van der Waals surface area contributed by atoms with E-state index >= 15 is 0 Å². The van der Waals surface area contributed by atoms with Gasteiger partial charge in [0.05, 0.1) is 20.4 Å². The molecule has 2 N–H and O–H groups in total. The van der Waals surface area contributed by atoms with Gasteiger partial charge in [-0.2, -0.15) is 0 Å². The molecule has 0 aliphatic rings. The Balaban J connectivity index is 3.35. The minimum absolute atomic E-state index is 0.00635. The van der Waals surface area contributed by atoms with Crippen molar-refractivity contribution in [1.29, 1.82) is 0 Å². The van der Waals surface area contributed by atoms with Gasteiger partial charge >= 0.3 is 7.60 Å². The van der Waals surface area contributed by atoms with Gasteiger partial charge in [0, 0.05) is 0 Å². The van der Waals surface area contributed by atoms with E-state index < -0.39 is 15.9 Å². The van der Waals surface area contributed by atoms with E-state index in [-0.39, 0.29) is 11.2 Å². The highest BCUT2D eigenvalue weighted by molar-refractivity contribution is 7.50. The number of methoxy groups -OCH3 is 2. The van der Waals surface area contributed by atoms with Crippen molar-refractivity contribution >= 4 is 15.9 Å². The first-order chi connectivity index (χ1) is 10.3. The Morgan fingerprint density at radius 3 is 1.83 bits per heavy atom. The highest BCUT2D eigenvalue weighted by atomic mass is 31.2. The van der Waals surface area contributed by atoms with Gasteiger partial charge in [-0.3, -0.25) is 4.57 Å². The van der Waals surface area contributed by atoms with E-state index in [0.717, 1.165) is 0 Å². The first kappa shape index (κ1) is 20.0. The summed E-state index contributed by atoms with van der Waals surface area (Å²) in [6.07, 6.45) is -0.375. The molecule has 0 saturated carbocycles. The Morgan fingerprint density at radius 1 is 1.09 bits per heavy atom. The van der Waals surface area contributed by atoms with Crippen molar-refractivity contribution in [3.8, 4) is 17.2 Å². The van der Waals surface area contributed by atoms with Gasteiger partial charge in [0.25, 0.3) is 8.32 Å². The molecule has 0 aliphatic heterocycles. The van der Waals surface area contributed by atoms with Crippen LogP contribution in [0.15, 0.2) is 12.1 Å². The second kappa shape index (κ2) is 6.85. The fraction of sp³-hybridized carbons (Fsp3) is 0.600. The molecule has 0 unspecified atom stereocenters. The summed E-state index contributed by atoms with van der Waals surface area (Å²) in [7, 11) is -3.30. The van der Waals surface area contributed by atoms with E-state index in [0.29, 0.717) is 22.8 Å². The first-order valence-electron chi connectivity index (χ1n) is 7.29. The fourth-order valence-corrected chi connectivity index (χ4v) is 3.45. The molecule has 132 valence electrons. The predicted molar refractivity (Wildman–Crippen MR) is 93.1 cm³/mol. The SMILES string of the molecule is COc1cc(CP(=O)(O)O)cc(OC)c1O[Si](C)(C)C(C)(C)C. The van der Waals surface area contributed by atoms with E-state index in [1.54, 1.807) is 12.1 Å². The quantitative estimate of drug-likeness (QED) is 0.592. The van der Waals surface area contributed by atoms with Crippen molar-refractivity contribution in [3.63, 3.8) is 0 Å². The van der Waals surface area contributed by atoms with Crippen LogP contribution in [0.2, 0.25) is 18.1 Å². The molecule has 0 spiro atoms. The second-order valence-electron chi connectivity index (χ2n) is 7.01. The van der Waals surface area contributed by atoms with Crippen LogP contribution in [0.5, 0.6) is 17.2 Å². The van der Waals surface area contributed by atoms with E-state index in [2.05, 4.69) is 33.9 Å². The smallest absolute Gasteiger partial charge is 0.329 e. The van der Waals surface area contributed by atoms with Crippen molar-refractivity contribution in [2.24, 2.45) is 0 Å². The molecule has 1 aromatic rings. The van der Waals surface area contributed by atoms with Gasteiger partial charge in [-0.05, 0) is 35.8 Å². The third-order valence-electron chi connectivity index (χ3n) is 4.07. The van der Waals surface area contributed by atoms with Gasteiger partial charge in [-0.25, -0.2) is 0 Å². The number of benzene rings is 1. The summed E-state index contributed by atoms with van der Waals surface area (Å²) in [5.74, 6) is 1.31. The lowest BCUT2D eigenvalue weighted by Gasteiger charge is -2.37. The molecule has 0 aromatic heterocycles. The van der Waals surface area contributed by atoms with Crippen molar-refractivity contribution < 1.29 is 28.3 Å². The Labute approximate surface area is 139 Å². The van der Waals surface area contributed by atoms with E-state index in [1.165, 1.54) is 14.2 Å². The monoisotopic (exact) mass is 362 g/mol. The number of hydrogen-bond donors (Lipinski definition) is 2. The summed E-state index contributed by atoms with van der Waals surface area (Å²) in [6.45, 7) is 10.6. The molecule has 0 fully saturated rings. The zero-order valence-electron chi connectivity index (χ0n) is 14.8. The molecule has 23 heavy (non-hydrogen) atoms. The van der Waals surface area contributed by atoms with E-state index in [9.17, 15) is 4.57 Å². The third-order valence-corrected chi connectivity index (χ3v) is 9.18. The van der Waals surface area contributed by atoms with Gasteiger partial charge in [0.15, 0.2) is 17.2 Å². The standard InChI is InChI=1S/C15H27O6PSi/c1-15(2,3)23(6,7)21-14-12(19-4)8-11(9-13(14)20-5)10-22(16,17)18/h8-9H,10H2,1-7H3,(H2,16,17,18). The summed E-state index contributed by atoms with van der Waals surface area (Å²) in [5, 5.41) is -0.00635. The molecular formula is C15H27O6PSi. The van der Waals surface area contributed by atoms with Crippen LogP contribution in [0, 0.1) is 0 Å². The first-order valence-corrected chi connectivity index (χ1v) is 12.0. The van der Waals surface area contributed by atoms with E-state index in [4.69, 9.17) is 23.7 Å². The van der Waals surface area contributed by atoms with Crippen molar-refractivity contribution in [3.05, 3.63) is 17.7 Å². The average molecular weight is 362 g/mol. The van der Waals surface area contributed by atoms with Gasteiger partial charge in [0.1, 0.15) is 0 Å². The lowest BCUT2D eigenvalue weighted by molar-refractivity contribution is 0.353. The maximum Gasteiger partial charge on any atom is 0.329 e. The van der Waals surface area contributed by atoms with Gasteiger partial charge in [-0.1, -0.05) is 20.8 Å². The number of rotatable bonds is 6. The highest BCUT2D eigenvalue weighted by Crippen LogP contribution is 2.47. The number of hydrogen-bond acceptors (Lipinski definition) is 4.